The molecule has 0 unspecified atom stereocenters. The number of phenolic OH excluding ortho intramolecular Hbond substituents is 1. The quantitative estimate of drug-likeness (QED) is 0.228. The smallest absolute Gasteiger partial charge is 0.145 e. The Morgan fingerprint density at radius 1 is 0.659 bits per heavy atom. The van der Waals surface area contributed by atoms with E-state index in [9.17, 15) is 5.11 Å². The number of phenols is 1. The third-order valence-corrected chi connectivity index (χ3v) is 8.61. The average Bonchev–Trinajstić information content (AvgIpc) is 3.34. The molecule has 0 radical (unpaired) electrons. The predicted molar refractivity (Wildman–Crippen MR) is 184 cm³/mol. The zero-order valence-electron chi connectivity index (χ0n) is 26.2. The van der Waals surface area contributed by atoms with E-state index in [0.29, 0.717) is 5.75 Å². The molecule has 0 saturated carbocycles. The van der Waals surface area contributed by atoms with Gasteiger partial charge in [-0.15, -0.1) is 0 Å². The molecule has 0 fully saturated rings. The topological polar surface area (TPSA) is 50.9 Å². The Hall–Kier alpha value is -4.96. The molecule has 4 nitrogen and oxygen atoms in total. The Morgan fingerprint density at radius 3 is 2.16 bits per heavy atom. The van der Waals surface area contributed by atoms with Crippen LogP contribution in [0, 0.1) is 0 Å². The van der Waals surface area contributed by atoms with Crippen LogP contribution >= 0.6 is 0 Å². The van der Waals surface area contributed by atoms with Crippen LogP contribution in [0.5, 0.6) is 5.75 Å². The molecule has 0 saturated heterocycles. The van der Waals surface area contributed by atoms with Crippen molar-refractivity contribution in [2.75, 3.05) is 0 Å². The van der Waals surface area contributed by atoms with E-state index in [1.54, 1.807) is 0 Å². The van der Waals surface area contributed by atoms with Crippen molar-refractivity contribution in [2.24, 2.45) is 0 Å². The second-order valence-electron chi connectivity index (χ2n) is 13.8. The first-order valence-corrected chi connectivity index (χ1v) is 15.2. The van der Waals surface area contributed by atoms with Crippen LogP contribution in [0.1, 0.15) is 52.7 Å². The van der Waals surface area contributed by atoms with Gasteiger partial charge in [0, 0.05) is 44.7 Å². The van der Waals surface area contributed by atoms with Crippen molar-refractivity contribution < 1.29 is 5.11 Å². The molecule has 3 heterocycles. The minimum atomic E-state index is -0.238. The highest BCUT2D eigenvalue weighted by molar-refractivity contribution is 6.08. The summed E-state index contributed by atoms with van der Waals surface area (Å²) in [5.74, 6) is 0.297. The van der Waals surface area contributed by atoms with Crippen molar-refractivity contribution in [1.82, 2.24) is 14.5 Å². The highest BCUT2D eigenvalue weighted by atomic mass is 16.3. The summed E-state index contributed by atoms with van der Waals surface area (Å²) in [6, 6.07) is 35.8. The number of para-hydroxylation sites is 1. The zero-order valence-corrected chi connectivity index (χ0v) is 26.2. The Labute approximate surface area is 258 Å². The molecule has 7 aromatic rings. The molecule has 218 valence electrons. The van der Waals surface area contributed by atoms with E-state index in [2.05, 4.69) is 137 Å². The molecule has 0 bridgehead atoms. The van der Waals surface area contributed by atoms with E-state index < -0.39 is 0 Å². The molecule has 4 aromatic carbocycles. The Kier molecular flexibility index (Phi) is 6.36. The van der Waals surface area contributed by atoms with E-state index in [1.807, 2.05) is 18.3 Å². The highest BCUT2D eigenvalue weighted by Gasteiger charge is 2.27. The van der Waals surface area contributed by atoms with Crippen molar-refractivity contribution >= 4 is 32.7 Å². The number of hydrogen-bond acceptors (Lipinski definition) is 3. The highest BCUT2D eigenvalue weighted by Crippen LogP contribution is 2.44. The summed E-state index contributed by atoms with van der Waals surface area (Å²) in [5, 5.41) is 16.2. The number of aromatic nitrogens is 3. The minimum Gasteiger partial charge on any atom is -0.507 e. The Balaban J connectivity index is 1.48. The first kappa shape index (κ1) is 27.8. The molecule has 4 heteroatoms. The molecule has 0 aliphatic rings. The first-order chi connectivity index (χ1) is 21.0. The summed E-state index contributed by atoms with van der Waals surface area (Å²) in [4.78, 5) is 10.1. The van der Waals surface area contributed by atoms with Crippen LogP contribution < -0.4 is 0 Å². The van der Waals surface area contributed by atoms with Gasteiger partial charge in [-0.2, -0.15) is 0 Å². The van der Waals surface area contributed by atoms with Crippen molar-refractivity contribution in [3.8, 4) is 34.0 Å². The molecule has 3 aromatic heterocycles. The lowest BCUT2D eigenvalue weighted by Gasteiger charge is -2.27. The molecule has 0 atom stereocenters. The van der Waals surface area contributed by atoms with Gasteiger partial charge in [-0.05, 0) is 64.2 Å². The third-order valence-electron chi connectivity index (χ3n) is 8.61. The van der Waals surface area contributed by atoms with Crippen LogP contribution in [-0.2, 0) is 10.8 Å². The summed E-state index contributed by atoms with van der Waals surface area (Å²) in [6.45, 7) is 13.1. The summed E-state index contributed by atoms with van der Waals surface area (Å²) < 4.78 is 2.23. The van der Waals surface area contributed by atoms with Gasteiger partial charge in [0.15, 0.2) is 0 Å². The second kappa shape index (κ2) is 10.1. The van der Waals surface area contributed by atoms with E-state index in [-0.39, 0.29) is 10.8 Å². The standard InChI is InChI=1S/C40H37N3O/c1-39(2,3)27-23-32(37(44)33(24-27)40(4,5)6)36-29-16-8-7-13-25(29)22-34(42-36)26-14-11-15-28(21-26)43-35-19-10-9-17-30(35)31-18-12-20-41-38(31)43/h7-24,44H,1-6H3. The maximum absolute atomic E-state index is 11.8. The van der Waals surface area contributed by atoms with Crippen LogP contribution in [0.2, 0.25) is 0 Å². The van der Waals surface area contributed by atoms with Gasteiger partial charge in [-0.25, -0.2) is 9.97 Å². The molecule has 44 heavy (non-hydrogen) atoms. The van der Waals surface area contributed by atoms with Crippen LogP contribution in [0.4, 0.5) is 0 Å². The van der Waals surface area contributed by atoms with Crippen LogP contribution in [0.15, 0.2) is 109 Å². The number of rotatable bonds is 3. The lowest BCUT2D eigenvalue weighted by atomic mass is 9.78. The lowest BCUT2D eigenvalue weighted by molar-refractivity contribution is 0.446. The van der Waals surface area contributed by atoms with E-state index >= 15 is 0 Å². The van der Waals surface area contributed by atoms with E-state index in [4.69, 9.17) is 9.97 Å². The van der Waals surface area contributed by atoms with Crippen molar-refractivity contribution in [3.63, 3.8) is 0 Å². The fourth-order valence-corrected chi connectivity index (χ4v) is 6.23. The summed E-state index contributed by atoms with van der Waals surface area (Å²) in [5.41, 5.74) is 8.24. The van der Waals surface area contributed by atoms with E-state index in [1.165, 1.54) is 10.9 Å². The number of fused-ring (bicyclic) bond motifs is 4. The van der Waals surface area contributed by atoms with Gasteiger partial charge in [-0.3, -0.25) is 4.57 Å². The first-order valence-electron chi connectivity index (χ1n) is 15.2. The van der Waals surface area contributed by atoms with Crippen LogP contribution in [-0.4, -0.2) is 19.6 Å². The second-order valence-corrected chi connectivity index (χ2v) is 13.8. The Bertz CT molecular complexity index is 2160. The van der Waals surface area contributed by atoms with Crippen molar-refractivity contribution in [3.05, 3.63) is 120 Å². The van der Waals surface area contributed by atoms with Crippen molar-refractivity contribution in [1.29, 1.82) is 0 Å². The fraction of sp³-hybridized carbons (Fsp3) is 0.200. The minimum absolute atomic E-state index is 0.0967. The van der Waals surface area contributed by atoms with Crippen LogP contribution in [0.3, 0.4) is 0 Å². The predicted octanol–water partition coefficient (Wildman–Crippen LogP) is 10.4. The van der Waals surface area contributed by atoms with Gasteiger partial charge in [0.2, 0.25) is 0 Å². The monoisotopic (exact) mass is 575 g/mol. The molecule has 0 spiro atoms. The van der Waals surface area contributed by atoms with Gasteiger partial charge in [-0.1, -0.05) is 102 Å². The fourth-order valence-electron chi connectivity index (χ4n) is 6.23. The normalized spacial score (nSPS) is 12.4. The van der Waals surface area contributed by atoms with Crippen LogP contribution in [0.25, 0.3) is 60.9 Å². The molecular weight excluding hydrogens is 538 g/mol. The summed E-state index contributed by atoms with van der Waals surface area (Å²) in [7, 11) is 0. The summed E-state index contributed by atoms with van der Waals surface area (Å²) >= 11 is 0. The number of hydrogen-bond donors (Lipinski definition) is 1. The molecular formula is C40H37N3O. The molecule has 7 rings (SSSR count). The van der Waals surface area contributed by atoms with Gasteiger partial charge >= 0.3 is 0 Å². The third kappa shape index (κ3) is 4.62. The van der Waals surface area contributed by atoms with Gasteiger partial charge < -0.3 is 5.11 Å². The Morgan fingerprint density at radius 2 is 1.39 bits per heavy atom. The molecule has 0 aliphatic carbocycles. The average molecular weight is 576 g/mol. The number of nitrogens with zero attached hydrogens (tertiary/aromatic N) is 3. The lowest BCUT2D eigenvalue weighted by Crippen LogP contribution is -2.17. The van der Waals surface area contributed by atoms with Gasteiger partial charge in [0.1, 0.15) is 11.4 Å². The molecule has 1 N–H and O–H groups in total. The maximum Gasteiger partial charge on any atom is 0.145 e. The van der Waals surface area contributed by atoms with Gasteiger partial charge in [0.25, 0.3) is 0 Å². The van der Waals surface area contributed by atoms with Crippen molar-refractivity contribution in [2.45, 2.75) is 52.4 Å². The largest absolute Gasteiger partial charge is 0.507 e. The van der Waals surface area contributed by atoms with Gasteiger partial charge in [0.05, 0.1) is 16.9 Å². The maximum atomic E-state index is 11.8. The zero-order chi connectivity index (χ0) is 30.8. The SMILES string of the molecule is CC(C)(C)c1cc(-c2nc(-c3cccc(-n4c5ccccc5c5cccnc54)c3)cc3ccccc23)c(O)c(C(C)(C)C)c1. The number of pyridine rings is 2. The molecule has 0 amide bonds. The molecule has 0 aliphatic heterocycles. The van der Waals surface area contributed by atoms with E-state index in [0.717, 1.165) is 61.1 Å². The number of aromatic hydroxyl groups is 1. The summed E-state index contributed by atoms with van der Waals surface area (Å²) in [6.07, 6.45) is 1.85. The number of benzene rings is 4.